The second-order valence-electron chi connectivity index (χ2n) is 4.17. The Morgan fingerprint density at radius 2 is 2.21 bits per heavy atom. The van der Waals surface area contributed by atoms with Gasteiger partial charge in [-0.1, -0.05) is 0 Å². The number of sulfone groups is 1. The van der Waals surface area contributed by atoms with Crippen LogP contribution in [0.2, 0.25) is 0 Å². The Balaban J connectivity index is 2.31. The van der Waals surface area contributed by atoms with Crippen LogP contribution in [0.25, 0.3) is 0 Å². The van der Waals surface area contributed by atoms with Gasteiger partial charge in [0.1, 0.15) is 9.84 Å². The predicted molar refractivity (Wildman–Crippen MR) is 57.9 cm³/mol. The molecule has 0 saturated carbocycles. The molecule has 2 N–H and O–H groups in total. The van der Waals surface area contributed by atoms with Gasteiger partial charge in [-0.3, -0.25) is 0 Å². The van der Waals surface area contributed by atoms with Crippen LogP contribution in [0.5, 0.6) is 0 Å². The van der Waals surface area contributed by atoms with Crippen molar-refractivity contribution in [3.63, 3.8) is 0 Å². The van der Waals surface area contributed by atoms with Gasteiger partial charge in [0.25, 0.3) is 0 Å². The zero-order chi connectivity index (χ0) is 10.6. The second kappa shape index (κ2) is 5.09. The molecule has 0 aromatic rings. The summed E-state index contributed by atoms with van der Waals surface area (Å²) in [5.41, 5.74) is 5.60. The Hall–Kier alpha value is -0.130. The molecule has 1 fully saturated rings. The minimum absolute atomic E-state index is 0.268. The fourth-order valence-electron chi connectivity index (χ4n) is 1.84. The van der Waals surface area contributed by atoms with Gasteiger partial charge in [-0.2, -0.15) is 0 Å². The van der Waals surface area contributed by atoms with Crippen molar-refractivity contribution in [2.75, 3.05) is 38.2 Å². The van der Waals surface area contributed by atoms with Crippen molar-refractivity contribution >= 4 is 9.84 Å². The molecule has 0 bridgehead atoms. The van der Waals surface area contributed by atoms with Gasteiger partial charge in [0.2, 0.25) is 0 Å². The number of rotatable bonds is 4. The van der Waals surface area contributed by atoms with E-state index < -0.39 is 9.84 Å². The van der Waals surface area contributed by atoms with Crippen LogP contribution in [0.15, 0.2) is 0 Å². The van der Waals surface area contributed by atoms with E-state index in [0.29, 0.717) is 12.5 Å². The summed E-state index contributed by atoms with van der Waals surface area (Å²) in [5.74, 6) is 0.827. The molecule has 1 aliphatic heterocycles. The van der Waals surface area contributed by atoms with Crippen molar-refractivity contribution in [3.8, 4) is 0 Å². The molecule has 4 nitrogen and oxygen atoms in total. The highest BCUT2D eigenvalue weighted by molar-refractivity contribution is 7.90. The average Bonchev–Trinajstić information content (AvgIpc) is 2.14. The normalized spacial score (nSPS) is 25.1. The molecule has 5 heteroatoms. The summed E-state index contributed by atoms with van der Waals surface area (Å²) >= 11 is 0. The van der Waals surface area contributed by atoms with E-state index in [-0.39, 0.29) is 5.75 Å². The van der Waals surface area contributed by atoms with Crippen LogP contribution in [0.1, 0.15) is 12.8 Å². The molecule has 0 aromatic carbocycles. The van der Waals surface area contributed by atoms with Crippen molar-refractivity contribution in [2.24, 2.45) is 11.7 Å². The maximum atomic E-state index is 11.0. The molecule has 1 unspecified atom stereocenters. The zero-order valence-corrected chi connectivity index (χ0v) is 9.59. The number of hydrogen-bond donors (Lipinski definition) is 1. The SMILES string of the molecule is CS(=O)(=O)CCN1CCCC(CN)C1. The topological polar surface area (TPSA) is 63.4 Å². The number of piperidine rings is 1. The summed E-state index contributed by atoms with van der Waals surface area (Å²) < 4.78 is 21.9. The average molecular weight is 220 g/mol. The molecule has 0 spiro atoms. The number of nitrogens with two attached hydrogens (primary N) is 1. The van der Waals surface area contributed by atoms with Crippen LogP contribution in [-0.4, -0.2) is 51.5 Å². The van der Waals surface area contributed by atoms with E-state index in [0.717, 1.165) is 26.1 Å². The van der Waals surface area contributed by atoms with Gasteiger partial charge in [0.15, 0.2) is 0 Å². The fraction of sp³-hybridized carbons (Fsp3) is 1.00. The van der Waals surface area contributed by atoms with Crippen LogP contribution in [0.4, 0.5) is 0 Å². The van der Waals surface area contributed by atoms with E-state index in [1.54, 1.807) is 0 Å². The number of nitrogens with zero attached hydrogens (tertiary/aromatic N) is 1. The summed E-state index contributed by atoms with van der Waals surface area (Å²) in [7, 11) is -2.82. The Labute approximate surface area is 86.4 Å². The molecule has 0 radical (unpaired) electrons. The van der Waals surface area contributed by atoms with Crippen molar-refractivity contribution < 1.29 is 8.42 Å². The first-order valence-electron chi connectivity index (χ1n) is 5.11. The highest BCUT2D eigenvalue weighted by Crippen LogP contribution is 2.14. The van der Waals surface area contributed by atoms with Crippen LogP contribution in [-0.2, 0) is 9.84 Å². The van der Waals surface area contributed by atoms with Crippen LogP contribution >= 0.6 is 0 Å². The van der Waals surface area contributed by atoms with Gasteiger partial charge in [0.05, 0.1) is 5.75 Å². The number of hydrogen-bond acceptors (Lipinski definition) is 4. The maximum absolute atomic E-state index is 11.0. The van der Waals surface area contributed by atoms with E-state index in [4.69, 9.17) is 5.73 Å². The molecule has 0 aromatic heterocycles. The predicted octanol–water partition coefficient (Wildman–Crippen LogP) is -0.298. The molecule has 14 heavy (non-hydrogen) atoms. The van der Waals surface area contributed by atoms with E-state index >= 15 is 0 Å². The Morgan fingerprint density at radius 1 is 1.50 bits per heavy atom. The molecule has 1 atom stereocenters. The van der Waals surface area contributed by atoms with E-state index in [1.165, 1.54) is 12.7 Å². The Kier molecular flexibility index (Phi) is 4.34. The van der Waals surface area contributed by atoms with Gasteiger partial charge < -0.3 is 10.6 Å². The molecule has 84 valence electrons. The Bertz CT molecular complexity index is 264. The first-order chi connectivity index (χ1) is 6.51. The summed E-state index contributed by atoms with van der Waals surface area (Å²) in [6.45, 7) is 3.36. The summed E-state index contributed by atoms with van der Waals surface area (Å²) in [4.78, 5) is 2.21. The quantitative estimate of drug-likeness (QED) is 0.706. The third-order valence-corrected chi connectivity index (χ3v) is 3.64. The molecule has 0 aliphatic carbocycles. The van der Waals surface area contributed by atoms with Crippen LogP contribution in [0.3, 0.4) is 0 Å². The van der Waals surface area contributed by atoms with Gasteiger partial charge >= 0.3 is 0 Å². The molecule has 1 heterocycles. The highest BCUT2D eigenvalue weighted by Gasteiger charge is 2.19. The lowest BCUT2D eigenvalue weighted by Crippen LogP contribution is -2.40. The minimum atomic E-state index is -2.82. The largest absolute Gasteiger partial charge is 0.330 e. The van der Waals surface area contributed by atoms with Gasteiger partial charge in [0, 0.05) is 19.3 Å². The van der Waals surface area contributed by atoms with E-state index in [2.05, 4.69) is 4.90 Å². The zero-order valence-electron chi connectivity index (χ0n) is 8.78. The van der Waals surface area contributed by atoms with Gasteiger partial charge in [-0.05, 0) is 31.8 Å². The standard InChI is InChI=1S/C9H20N2O2S/c1-14(12,13)6-5-11-4-2-3-9(7-10)8-11/h9H,2-8,10H2,1H3. The Morgan fingerprint density at radius 3 is 2.79 bits per heavy atom. The molecule has 1 rings (SSSR count). The summed E-state index contributed by atoms with van der Waals surface area (Å²) in [5, 5.41) is 0. The van der Waals surface area contributed by atoms with Crippen molar-refractivity contribution in [1.29, 1.82) is 0 Å². The first kappa shape index (κ1) is 11.9. The molecule has 0 amide bonds. The number of likely N-dealkylation sites (tertiary alicyclic amines) is 1. The molecular formula is C9H20N2O2S. The van der Waals surface area contributed by atoms with E-state index in [9.17, 15) is 8.42 Å². The fourth-order valence-corrected chi connectivity index (χ4v) is 2.43. The third-order valence-electron chi connectivity index (χ3n) is 2.71. The molecular weight excluding hydrogens is 200 g/mol. The van der Waals surface area contributed by atoms with Crippen molar-refractivity contribution in [3.05, 3.63) is 0 Å². The molecule has 1 saturated heterocycles. The lowest BCUT2D eigenvalue weighted by Gasteiger charge is -2.31. The highest BCUT2D eigenvalue weighted by atomic mass is 32.2. The smallest absolute Gasteiger partial charge is 0.148 e. The third kappa shape index (κ3) is 4.39. The first-order valence-corrected chi connectivity index (χ1v) is 7.17. The maximum Gasteiger partial charge on any atom is 0.148 e. The monoisotopic (exact) mass is 220 g/mol. The molecule has 1 aliphatic rings. The van der Waals surface area contributed by atoms with Crippen molar-refractivity contribution in [2.45, 2.75) is 12.8 Å². The van der Waals surface area contributed by atoms with Crippen molar-refractivity contribution in [1.82, 2.24) is 4.90 Å². The van der Waals surface area contributed by atoms with Crippen LogP contribution in [0, 0.1) is 5.92 Å². The second-order valence-corrected chi connectivity index (χ2v) is 6.43. The lowest BCUT2D eigenvalue weighted by molar-refractivity contribution is 0.187. The minimum Gasteiger partial charge on any atom is -0.330 e. The lowest BCUT2D eigenvalue weighted by atomic mass is 9.98. The van der Waals surface area contributed by atoms with E-state index in [1.807, 2.05) is 0 Å². The van der Waals surface area contributed by atoms with Gasteiger partial charge in [-0.25, -0.2) is 8.42 Å². The van der Waals surface area contributed by atoms with Gasteiger partial charge in [-0.15, -0.1) is 0 Å². The summed E-state index contributed by atoms with van der Waals surface area (Å²) in [6, 6.07) is 0. The van der Waals surface area contributed by atoms with Crippen LogP contribution < -0.4 is 5.73 Å². The summed E-state index contributed by atoms with van der Waals surface area (Å²) in [6.07, 6.45) is 3.62.